The summed E-state index contributed by atoms with van der Waals surface area (Å²) in [5.74, 6) is 3.19. The van der Waals surface area contributed by atoms with E-state index in [9.17, 15) is 4.79 Å². The van der Waals surface area contributed by atoms with Gasteiger partial charge in [-0.15, -0.1) is 0 Å². The lowest BCUT2D eigenvalue weighted by Gasteiger charge is -2.09. The van der Waals surface area contributed by atoms with Crippen LogP contribution in [0.1, 0.15) is 16.1 Å². The number of hydrogen-bond acceptors (Lipinski definition) is 8. The molecule has 1 N–H and O–H groups in total. The van der Waals surface area contributed by atoms with Crippen LogP contribution >= 0.6 is 0 Å². The number of amides is 1. The van der Waals surface area contributed by atoms with Crippen molar-refractivity contribution in [1.29, 1.82) is 0 Å². The molecule has 0 radical (unpaired) electrons. The quantitative estimate of drug-likeness (QED) is 0.384. The van der Waals surface area contributed by atoms with E-state index in [1.807, 2.05) is 30.3 Å². The van der Waals surface area contributed by atoms with Crippen LogP contribution in [0.2, 0.25) is 0 Å². The molecule has 178 valence electrons. The van der Waals surface area contributed by atoms with Gasteiger partial charge in [0, 0.05) is 17.8 Å². The van der Waals surface area contributed by atoms with Crippen LogP contribution in [0.5, 0.6) is 28.7 Å². The molecule has 0 aliphatic carbocycles. The SMILES string of the molecule is COc1ccc(OC)c(-c2cc(C(=O)Nc3cccc(COc4ccc5c(c4)OCO5)c3)no2)c1. The number of ether oxygens (including phenoxy) is 5. The van der Waals surface area contributed by atoms with Crippen LogP contribution < -0.4 is 29.0 Å². The number of benzene rings is 3. The van der Waals surface area contributed by atoms with E-state index in [1.165, 1.54) is 0 Å². The zero-order chi connectivity index (χ0) is 24.2. The van der Waals surface area contributed by atoms with Crippen LogP contribution in [-0.4, -0.2) is 32.1 Å². The number of nitrogens with zero attached hydrogens (tertiary/aromatic N) is 1. The molecule has 9 heteroatoms. The lowest BCUT2D eigenvalue weighted by atomic mass is 10.1. The molecule has 1 aliphatic rings. The van der Waals surface area contributed by atoms with Crippen molar-refractivity contribution in [2.24, 2.45) is 0 Å². The second kappa shape index (κ2) is 9.68. The van der Waals surface area contributed by atoms with Gasteiger partial charge in [-0.3, -0.25) is 4.79 Å². The highest BCUT2D eigenvalue weighted by molar-refractivity contribution is 6.03. The van der Waals surface area contributed by atoms with E-state index < -0.39 is 5.91 Å². The summed E-state index contributed by atoms with van der Waals surface area (Å²) in [6, 6.07) is 19.6. The van der Waals surface area contributed by atoms with E-state index in [-0.39, 0.29) is 12.5 Å². The van der Waals surface area contributed by atoms with Gasteiger partial charge in [0.25, 0.3) is 5.91 Å². The smallest absolute Gasteiger partial charge is 0.277 e. The predicted molar refractivity (Wildman–Crippen MR) is 126 cm³/mol. The van der Waals surface area contributed by atoms with Crippen molar-refractivity contribution in [3.8, 4) is 40.1 Å². The molecule has 4 aromatic rings. The van der Waals surface area contributed by atoms with Gasteiger partial charge < -0.3 is 33.5 Å². The van der Waals surface area contributed by atoms with Crippen LogP contribution in [0.3, 0.4) is 0 Å². The minimum absolute atomic E-state index is 0.131. The summed E-state index contributed by atoms with van der Waals surface area (Å²) in [6.07, 6.45) is 0. The maximum Gasteiger partial charge on any atom is 0.277 e. The Kier molecular flexibility index (Phi) is 6.13. The molecule has 0 fully saturated rings. The van der Waals surface area contributed by atoms with E-state index in [0.717, 1.165) is 5.56 Å². The molecule has 0 saturated heterocycles. The fraction of sp³-hybridized carbons (Fsp3) is 0.154. The third kappa shape index (κ3) is 4.84. The van der Waals surface area contributed by atoms with Crippen molar-refractivity contribution < 1.29 is 33.0 Å². The zero-order valence-corrected chi connectivity index (χ0v) is 19.1. The number of aromatic nitrogens is 1. The number of fused-ring (bicyclic) bond motifs is 1. The number of rotatable bonds is 8. The minimum Gasteiger partial charge on any atom is -0.497 e. The Morgan fingerprint density at radius 2 is 1.80 bits per heavy atom. The highest BCUT2D eigenvalue weighted by Crippen LogP contribution is 2.36. The third-order valence-electron chi connectivity index (χ3n) is 5.35. The standard InChI is InChI=1S/C26H22N2O7/c1-30-18-6-8-22(31-2)20(11-18)24-13-21(28-35-24)26(29)27-17-5-3-4-16(10-17)14-32-19-7-9-23-25(12-19)34-15-33-23/h3-13H,14-15H2,1-2H3,(H,27,29). The molecule has 0 bridgehead atoms. The van der Waals surface area contributed by atoms with Gasteiger partial charge in [-0.1, -0.05) is 17.3 Å². The van der Waals surface area contributed by atoms with Gasteiger partial charge in [-0.2, -0.15) is 0 Å². The van der Waals surface area contributed by atoms with Crippen LogP contribution in [0.4, 0.5) is 5.69 Å². The normalized spacial score (nSPS) is 11.7. The first-order valence-electron chi connectivity index (χ1n) is 10.7. The largest absolute Gasteiger partial charge is 0.497 e. The lowest BCUT2D eigenvalue weighted by molar-refractivity contribution is 0.101. The van der Waals surface area contributed by atoms with Crippen LogP contribution in [0, 0.1) is 0 Å². The van der Waals surface area contributed by atoms with E-state index in [1.54, 1.807) is 50.6 Å². The molecule has 9 nitrogen and oxygen atoms in total. The maximum absolute atomic E-state index is 12.8. The molecule has 0 spiro atoms. The van der Waals surface area contributed by atoms with Crippen molar-refractivity contribution in [3.05, 3.63) is 78.0 Å². The number of carbonyl (C=O) groups excluding carboxylic acids is 1. The molecule has 2 heterocycles. The third-order valence-corrected chi connectivity index (χ3v) is 5.35. The Morgan fingerprint density at radius 1 is 0.943 bits per heavy atom. The number of methoxy groups -OCH3 is 2. The van der Waals surface area contributed by atoms with Crippen molar-refractivity contribution in [2.45, 2.75) is 6.61 Å². The molecule has 0 unspecified atom stereocenters. The Labute approximate surface area is 201 Å². The zero-order valence-electron chi connectivity index (χ0n) is 19.1. The summed E-state index contributed by atoms with van der Waals surface area (Å²) < 4.78 is 32.6. The summed E-state index contributed by atoms with van der Waals surface area (Å²) in [6.45, 7) is 0.522. The molecule has 0 atom stereocenters. The topological polar surface area (TPSA) is 101 Å². The Bertz CT molecular complexity index is 1370. The van der Waals surface area contributed by atoms with Crippen LogP contribution in [-0.2, 0) is 6.61 Å². The second-order valence-electron chi connectivity index (χ2n) is 7.60. The number of nitrogens with one attached hydrogen (secondary N) is 1. The molecule has 1 amide bonds. The van der Waals surface area contributed by atoms with Gasteiger partial charge in [-0.25, -0.2) is 0 Å². The summed E-state index contributed by atoms with van der Waals surface area (Å²) in [5.41, 5.74) is 2.24. The van der Waals surface area contributed by atoms with Gasteiger partial charge >= 0.3 is 0 Å². The summed E-state index contributed by atoms with van der Waals surface area (Å²) in [7, 11) is 3.12. The molecule has 1 aliphatic heterocycles. The Morgan fingerprint density at radius 3 is 2.66 bits per heavy atom. The molecule has 35 heavy (non-hydrogen) atoms. The summed E-state index contributed by atoms with van der Waals surface area (Å²) in [4.78, 5) is 12.8. The number of hydrogen-bond donors (Lipinski definition) is 1. The van der Waals surface area contributed by atoms with Crippen molar-refractivity contribution in [3.63, 3.8) is 0 Å². The van der Waals surface area contributed by atoms with Gasteiger partial charge in [0.05, 0.1) is 19.8 Å². The van der Waals surface area contributed by atoms with Gasteiger partial charge in [0.2, 0.25) is 6.79 Å². The Hall–Kier alpha value is -4.66. The van der Waals surface area contributed by atoms with Crippen molar-refractivity contribution in [1.82, 2.24) is 5.16 Å². The summed E-state index contributed by atoms with van der Waals surface area (Å²) >= 11 is 0. The Balaban J connectivity index is 1.25. The van der Waals surface area contributed by atoms with Gasteiger partial charge in [-0.05, 0) is 48.0 Å². The number of anilines is 1. The molecular weight excluding hydrogens is 452 g/mol. The van der Waals surface area contributed by atoms with Crippen LogP contribution in [0.25, 0.3) is 11.3 Å². The highest BCUT2D eigenvalue weighted by atomic mass is 16.7. The lowest BCUT2D eigenvalue weighted by Crippen LogP contribution is -2.12. The minimum atomic E-state index is -0.407. The first-order valence-corrected chi connectivity index (χ1v) is 10.7. The predicted octanol–water partition coefficient (Wildman–Crippen LogP) is 4.92. The molecule has 1 aromatic heterocycles. The van der Waals surface area contributed by atoms with Gasteiger partial charge in [0.15, 0.2) is 23.0 Å². The average molecular weight is 474 g/mol. The van der Waals surface area contributed by atoms with Crippen molar-refractivity contribution in [2.75, 3.05) is 26.3 Å². The number of carbonyl (C=O) groups is 1. The fourth-order valence-electron chi connectivity index (χ4n) is 3.58. The molecule has 3 aromatic carbocycles. The van der Waals surface area contributed by atoms with E-state index in [4.69, 9.17) is 28.2 Å². The first-order chi connectivity index (χ1) is 17.1. The first kappa shape index (κ1) is 22.1. The maximum atomic E-state index is 12.8. The summed E-state index contributed by atoms with van der Waals surface area (Å²) in [5, 5.41) is 6.75. The highest BCUT2D eigenvalue weighted by Gasteiger charge is 2.18. The molecule has 5 rings (SSSR count). The second-order valence-corrected chi connectivity index (χ2v) is 7.60. The van der Waals surface area contributed by atoms with E-state index in [0.29, 0.717) is 52.4 Å². The molecular formula is C26H22N2O7. The fourth-order valence-corrected chi connectivity index (χ4v) is 3.58. The average Bonchev–Trinajstić information content (AvgIpc) is 3.57. The van der Waals surface area contributed by atoms with Gasteiger partial charge in [0.1, 0.15) is 23.9 Å². The van der Waals surface area contributed by atoms with E-state index in [2.05, 4.69) is 10.5 Å². The van der Waals surface area contributed by atoms with E-state index >= 15 is 0 Å². The van der Waals surface area contributed by atoms with Crippen LogP contribution in [0.15, 0.2) is 71.3 Å². The monoisotopic (exact) mass is 474 g/mol. The van der Waals surface area contributed by atoms with Crippen molar-refractivity contribution >= 4 is 11.6 Å². The molecule has 0 saturated carbocycles.